The Labute approximate surface area is 128 Å². The second-order valence-corrected chi connectivity index (χ2v) is 5.56. The van der Waals surface area contributed by atoms with Gasteiger partial charge in [0.15, 0.2) is 0 Å². The van der Waals surface area contributed by atoms with E-state index in [0.717, 1.165) is 4.47 Å². The first-order valence-electron chi connectivity index (χ1n) is 4.85. The Morgan fingerprint density at radius 2 is 1.56 bits per heavy atom. The van der Waals surface area contributed by atoms with Crippen molar-refractivity contribution >= 4 is 56.4 Å². The molecule has 2 rings (SSSR count). The van der Waals surface area contributed by atoms with Crippen LogP contribution in [0.5, 0.6) is 11.5 Å². The molecule has 0 saturated heterocycles. The number of halogens is 4. The molecule has 0 aliphatic rings. The zero-order valence-corrected chi connectivity index (χ0v) is 12.7. The van der Waals surface area contributed by atoms with Crippen LogP contribution in [0.15, 0.2) is 34.8 Å². The molecular formula is C12H7BrCl3NO. The highest BCUT2D eigenvalue weighted by Crippen LogP contribution is 2.38. The van der Waals surface area contributed by atoms with Crippen LogP contribution in [0.3, 0.4) is 0 Å². The van der Waals surface area contributed by atoms with Gasteiger partial charge in [-0.1, -0.05) is 34.8 Å². The monoisotopic (exact) mass is 365 g/mol. The summed E-state index contributed by atoms with van der Waals surface area (Å²) in [6.07, 6.45) is 0. The fraction of sp³-hybridized carbons (Fsp3) is 0. The minimum Gasteiger partial charge on any atom is -0.455 e. The highest BCUT2D eigenvalue weighted by Gasteiger charge is 2.10. The number of ether oxygens (including phenoxy) is 1. The summed E-state index contributed by atoms with van der Waals surface area (Å²) in [5, 5.41) is 1.14. The Kier molecular flexibility index (Phi) is 4.28. The normalized spacial score (nSPS) is 10.4. The lowest BCUT2D eigenvalue weighted by Crippen LogP contribution is -1.89. The van der Waals surface area contributed by atoms with E-state index in [4.69, 9.17) is 45.3 Å². The molecule has 6 heteroatoms. The summed E-state index contributed by atoms with van der Waals surface area (Å²) in [5.74, 6) is 1.01. The van der Waals surface area contributed by atoms with Crippen molar-refractivity contribution in [1.29, 1.82) is 0 Å². The molecule has 0 saturated carbocycles. The van der Waals surface area contributed by atoms with Crippen LogP contribution in [0, 0.1) is 0 Å². The van der Waals surface area contributed by atoms with Crippen molar-refractivity contribution in [3.63, 3.8) is 0 Å². The number of nitrogens with two attached hydrogens (primary N) is 1. The molecule has 2 nitrogen and oxygen atoms in total. The molecule has 0 aliphatic heterocycles. The molecule has 0 atom stereocenters. The summed E-state index contributed by atoms with van der Waals surface area (Å²) >= 11 is 21.1. The summed E-state index contributed by atoms with van der Waals surface area (Å²) < 4.78 is 6.38. The molecule has 18 heavy (non-hydrogen) atoms. The Morgan fingerprint density at radius 1 is 0.889 bits per heavy atom. The second-order valence-electron chi connectivity index (χ2n) is 3.49. The van der Waals surface area contributed by atoms with Crippen LogP contribution in [-0.2, 0) is 0 Å². The Morgan fingerprint density at radius 3 is 2.22 bits per heavy atom. The van der Waals surface area contributed by atoms with Crippen LogP contribution in [0.25, 0.3) is 0 Å². The molecule has 2 aromatic carbocycles. The van der Waals surface area contributed by atoms with Crippen molar-refractivity contribution in [2.24, 2.45) is 0 Å². The predicted molar refractivity (Wildman–Crippen MR) is 80.1 cm³/mol. The van der Waals surface area contributed by atoms with Crippen LogP contribution in [0.1, 0.15) is 0 Å². The third kappa shape index (κ3) is 3.04. The zero-order chi connectivity index (χ0) is 13.3. The van der Waals surface area contributed by atoms with Gasteiger partial charge in [0, 0.05) is 11.8 Å². The van der Waals surface area contributed by atoms with Gasteiger partial charge in [-0.15, -0.1) is 0 Å². The summed E-state index contributed by atoms with van der Waals surface area (Å²) in [7, 11) is 0. The van der Waals surface area contributed by atoms with E-state index in [9.17, 15) is 0 Å². The zero-order valence-electron chi connectivity index (χ0n) is 8.88. The summed E-state index contributed by atoms with van der Waals surface area (Å²) in [4.78, 5) is 0. The van der Waals surface area contributed by atoms with E-state index < -0.39 is 0 Å². The van der Waals surface area contributed by atoms with Crippen molar-refractivity contribution in [1.82, 2.24) is 0 Å². The molecule has 0 bridgehead atoms. The third-order valence-electron chi connectivity index (χ3n) is 2.15. The first-order valence-corrected chi connectivity index (χ1v) is 6.77. The predicted octanol–water partition coefficient (Wildman–Crippen LogP) is 5.78. The largest absolute Gasteiger partial charge is 0.455 e. The van der Waals surface area contributed by atoms with E-state index in [-0.39, 0.29) is 0 Å². The summed E-state index contributed by atoms with van der Waals surface area (Å²) in [5.41, 5.74) is 6.28. The molecule has 0 spiro atoms. The number of nitrogen functional groups attached to an aromatic ring is 1. The van der Waals surface area contributed by atoms with E-state index in [2.05, 4.69) is 15.9 Å². The fourth-order valence-corrected chi connectivity index (χ4v) is 2.35. The van der Waals surface area contributed by atoms with E-state index in [1.54, 1.807) is 24.3 Å². The quantitative estimate of drug-likeness (QED) is 0.539. The van der Waals surface area contributed by atoms with Crippen LogP contribution in [-0.4, -0.2) is 0 Å². The van der Waals surface area contributed by atoms with Crippen LogP contribution < -0.4 is 10.5 Å². The fourth-order valence-electron chi connectivity index (χ4n) is 1.30. The smallest absolute Gasteiger partial charge is 0.147 e. The maximum Gasteiger partial charge on any atom is 0.147 e. The minimum atomic E-state index is 0.377. The van der Waals surface area contributed by atoms with Gasteiger partial charge in [0.05, 0.1) is 19.5 Å². The topological polar surface area (TPSA) is 35.2 Å². The maximum absolute atomic E-state index is 6.03. The van der Waals surface area contributed by atoms with Crippen LogP contribution >= 0.6 is 50.7 Å². The highest BCUT2D eigenvalue weighted by molar-refractivity contribution is 9.10. The van der Waals surface area contributed by atoms with Gasteiger partial charge in [0.2, 0.25) is 0 Å². The molecule has 0 radical (unpaired) electrons. The first kappa shape index (κ1) is 13.8. The molecule has 2 N–H and O–H groups in total. The van der Waals surface area contributed by atoms with Gasteiger partial charge in [-0.05, 0) is 40.2 Å². The molecule has 0 aromatic heterocycles. The van der Waals surface area contributed by atoms with Crippen molar-refractivity contribution in [2.75, 3.05) is 5.73 Å². The van der Waals surface area contributed by atoms with Gasteiger partial charge in [-0.2, -0.15) is 0 Å². The van der Waals surface area contributed by atoms with E-state index in [1.807, 2.05) is 0 Å². The van der Waals surface area contributed by atoms with E-state index in [1.165, 1.54) is 6.07 Å². The Bertz CT molecular complexity index is 604. The maximum atomic E-state index is 6.03. The van der Waals surface area contributed by atoms with Gasteiger partial charge >= 0.3 is 0 Å². The molecule has 2 aromatic rings. The summed E-state index contributed by atoms with van der Waals surface area (Å²) in [6, 6.07) is 8.30. The molecule has 0 unspecified atom stereocenters. The molecule has 0 fully saturated rings. The number of rotatable bonds is 2. The molecule has 0 aliphatic carbocycles. The standard InChI is InChI=1S/C12H7BrCl3NO/c13-7-3-6(17)1-2-11(7)18-12-5-9(15)8(14)4-10(12)16/h1-5H,17H2. The molecule has 0 amide bonds. The highest BCUT2D eigenvalue weighted by atomic mass is 79.9. The van der Waals surface area contributed by atoms with E-state index in [0.29, 0.717) is 32.3 Å². The number of anilines is 1. The third-order valence-corrected chi connectivity index (χ3v) is 3.79. The Hall–Kier alpha value is -0.610. The van der Waals surface area contributed by atoms with Crippen molar-refractivity contribution in [3.8, 4) is 11.5 Å². The van der Waals surface area contributed by atoms with Gasteiger partial charge in [0.25, 0.3) is 0 Å². The van der Waals surface area contributed by atoms with Crippen molar-refractivity contribution < 1.29 is 4.74 Å². The lowest BCUT2D eigenvalue weighted by molar-refractivity contribution is 0.480. The van der Waals surface area contributed by atoms with Crippen LogP contribution in [0.4, 0.5) is 5.69 Å². The molecule has 94 valence electrons. The van der Waals surface area contributed by atoms with Gasteiger partial charge in [0.1, 0.15) is 11.5 Å². The molecular weight excluding hydrogens is 360 g/mol. The van der Waals surface area contributed by atoms with Gasteiger partial charge < -0.3 is 10.5 Å². The number of benzene rings is 2. The van der Waals surface area contributed by atoms with E-state index >= 15 is 0 Å². The minimum absolute atomic E-state index is 0.377. The average molecular weight is 367 g/mol. The van der Waals surface area contributed by atoms with Crippen molar-refractivity contribution in [3.05, 3.63) is 49.9 Å². The SMILES string of the molecule is Nc1ccc(Oc2cc(Cl)c(Cl)cc2Cl)c(Br)c1. The number of hydrogen-bond donors (Lipinski definition) is 1. The molecule has 0 heterocycles. The Balaban J connectivity index is 2.37. The number of hydrogen-bond acceptors (Lipinski definition) is 2. The van der Waals surface area contributed by atoms with Crippen molar-refractivity contribution in [2.45, 2.75) is 0 Å². The summed E-state index contributed by atoms with van der Waals surface area (Å²) in [6.45, 7) is 0. The van der Waals surface area contributed by atoms with Gasteiger partial charge in [-0.3, -0.25) is 0 Å². The lowest BCUT2D eigenvalue weighted by Gasteiger charge is -2.10. The van der Waals surface area contributed by atoms with Crippen LogP contribution in [0.2, 0.25) is 15.1 Å². The lowest BCUT2D eigenvalue weighted by atomic mass is 10.3. The first-order chi connectivity index (χ1) is 8.47. The van der Waals surface area contributed by atoms with Gasteiger partial charge in [-0.25, -0.2) is 0 Å². The average Bonchev–Trinajstić information content (AvgIpc) is 2.29. The second kappa shape index (κ2) is 5.57.